The van der Waals surface area contributed by atoms with Crippen LogP contribution in [0.4, 0.5) is 5.69 Å². The fraction of sp³-hybridized carbons (Fsp3) is 0.538. The third-order valence-electron chi connectivity index (χ3n) is 3.32. The number of hydrogen-bond acceptors (Lipinski definition) is 4. The summed E-state index contributed by atoms with van der Waals surface area (Å²) in [6.07, 6.45) is 0. The lowest BCUT2D eigenvalue weighted by Crippen LogP contribution is -2.44. The molecule has 0 bridgehead atoms. The van der Waals surface area contributed by atoms with Gasteiger partial charge in [-0.3, -0.25) is 0 Å². The minimum absolute atomic E-state index is 0.648. The third-order valence-corrected chi connectivity index (χ3v) is 3.32. The highest BCUT2D eigenvalue weighted by molar-refractivity contribution is 5.69. The molecule has 2 aliphatic rings. The molecule has 0 aromatic heterocycles. The van der Waals surface area contributed by atoms with Gasteiger partial charge in [-0.2, -0.15) is 0 Å². The van der Waals surface area contributed by atoms with Crippen LogP contribution in [0.3, 0.4) is 0 Å². The van der Waals surface area contributed by atoms with Gasteiger partial charge in [-0.05, 0) is 18.6 Å². The number of anilines is 1. The van der Waals surface area contributed by atoms with E-state index in [0.717, 1.165) is 37.7 Å². The Kier molecular flexibility index (Phi) is 2.81. The second-order valence-corrected chi connectivity index (χ2v) is 4.49. The van der Waals surface area contributed by atoms with E-state index in [4.69, 9.17) is 9.47 Å². The molecule has 4 heteroatoms. The molecule has 1 aromatic carbocycles. The minimum Gasteiger partial charge on any atom is -0.486 e. The van der Waals surface area contributed by atoms with E-state index in [0.29, 0.717) is 13.2 Å². The number of nitrogens with zero attached hydrogens (tertiary/aromatic N) is 1. The van der Waals surface area contributed by atoms with E-state index in [2.05, 4.69) is 23.2 Å². The summed E-state index contributed by atoms with van der Waals surface area (Å²) in [6.45, 7) is 7.55. The van der Waals surface area contributed by atoms with Crippen LogP contribution in [0.1, 0.15) is 5.56 Å². The maximum absolute atomic E-state index is 5.80. The highest BCUT2D eigenvalue weighted by atomic mass is 16.6. The van der Waals surface area contributed by atoms with Crippen molar-refractivity contribution < 1.29 is 9.47 Å². The van der Waals surface area contributed by atoms with Crippen LogP contribution in [0.25, 0.3) is 0 Å². The number of benzene rings is 1. The Balaban J connectivity index is 2.01. The molecule has 0 aliphatic carbocycles. The first-order valence-electron chi connectivity index (χ1n) is 6.21. The Morgan fingerprint density at radius 2 is 1.88 bits per heavy atom. The van der Waals surface area contributed by atoms with Crippen molar-refractivity contribution in [2.75, 3.05) is 44.3 Å². The standard InChI is InChI=1S/C13H18N2O2/c1-10-2-3-11-13(17-9-8-16-11)12(10)15-6-4-14-5-7-15/h2-3,14H,4-9H2,1H3. The number of hydrogen-bond donors (Lipinski definition) is 1. The molecule has 1 N–H and O–H groups in total. The first-order valence-corrected chi connectivity index (χ1v) is 6.21. The lowest BCUT2D eigenvalue weighted by molar-refractivity contribution is 0.172. The summed E-state index contributed by atoms with van der Waals surface area (Å²) in [4.78, 5) is 2.39. The predicted molar refractivity (Wildman–Crippen MR) is 67.3 cm³/mol. The van der Waals surface area contributed by atoms with E-state index in [-0.39, 0.29) is 0 Å². The van der Waals surface area contributed by atoms with Crippen molar-refractivity contribution in [2.24, 2.45) is 0 Å². The van der Waals surface area contributed by atoms with Gasteiger partial charge in [0.25, 0.3) is 0 Å². The van der Waals surface area contributed by atoms with Crippen LogP contribution in [0.2, 0.25) is 0 Å². The van der Waals surface area contributed by atoms with Crippen LogP contribution in [0.15, 0.2) is 12.1 Å². The number of rotatable bonds is 1. The SMILES string of the molecule is Cc1ccc2c(c1N1CCNCC1)OCCO2. The molecule has 1 aromatic rings. The van der Waals surface area contributed by atoms with Crippen LogP contribution in [0, 0.1) is 6.92 Å². The number of fused-ring (bicyclic) bond motifs is 1. The van der Waals surface area contributed by atoms with Crippen LogP contribution in [-0.2, 0) is 0 Å². The second kappa shape index (κ2) is 4.45. The molecule has 0 radical (unpaired) electrons. The Hall–Kier alpha value is -1.42. The zero-order valence-electron chi connectivity index (χ0n) is 10.2. The molecular formula is C13H18N2O2. The minimum atomic E-state index is 0.648. The number of ether oxygens (including phenoxy) is 2. The fourth-order valence-electron chi connectivity index (χ4n) is 2.48. The largest absolute Gasteiger partial charge is 0.486 e. The average Bonchev–Trinajstić information content (AvgIpc) is 2.39. The zero-order chi connectivity index (χ0) is 11.7. The average molecular weight is 234 g/mol. The Labute approximate surface area is 102 Å². The summed E-state index contributed by atoms with van der Waals surface area (Å²) in [7, 11) is 0. The topological polar surface area (TPSA) is 33.7 Å². The first kappa shape index (κ1) is 10.7. The lowest BCUT2D eigenvalue weighted by Gasteiger charge is -2.33. The molecule has 2 aliphatic heterocycles. The van der Waals surface area contributed by atoms with Crippen molar-refractivity contribution in [3.63, 3.8) is 0 Å². The van der Waals surface area contributed by atoms with Crippen LogP contribution in [-0.4, -0.2) is 39.4 Å². The van der Waals surface area contributed by atoms with E-state index in [1.54, 1.807) is 0 Å². The summed E-state index contributed by atoms with van der Waals surface area (Å²) < 4.78 is 11.4. The lowest BCUT2D eigenvalue weighted by atomic mass is 10.1. The molecule has 0 spiro atoms. The molecule has 0 unspecified atom stereocenters. The molecule has 1 saturated heterocycles. The van der Waals surface area contributed by atoms with Crippen molar-refractivity contribution in [1.82, 2.24) is 5.32 Å². The molecule has 92 valence electrons. The van der Waals surface area contributed by atoms with Gasteiger partial charge in [-0.25, -0.2) is 0 Å². The van der Waals surface area contributed by atoms with Crippen molar-refractivity contribution in [1.29, 1.82) is 0 Å². The molecule has 2 heterocycles. The smallest absolute Gasteiger partial charge is 0.184 e. The van der Waals surface area contributed by atoms with Crippen molar-refractivity contribution in [3.05, 3.63) is 17.7 Å². The molecule has 3 rings (SSSR count). The van der Waals surface area contributed by atoms with E-state index in [9.17, 15) is 0 Å². The van der Waals surface area contributed by atoms with Gasteiger partial charge in [0.2, 0.25) is 0 Å². The van der Waals surface area contributed by atoms with Gasteiger partial charge >= 0.3 is 0 Å². The van der Waals surface area contributed by atoms with Crippen LogP contribution in [0.5, 0.6) is 11.5 Å². The summed E-state index contributed by atoms with van der Waals surface area (Å²) >= 11 is 0. The van der Waals surface area contributed by atoms with Crippen molar-refractivity contribution in [3.8, 4) is 11.5 Å². The molecule has 17 heavy (non-hydrogen) atoms. The molecule has 1 fully saturated rings. The van der Waals surface area contributed by atoms with Gasteiger partial charge in [-0.15, -0.1) is 0 Å². The van der Waals surface area contributed by atoms with Gasteiger partial charge in [-0.1, -0.05) is 6.07 Å². The molecule has 0 amide bonds. The van der Waals surface area contributed by atoms with Gasteiger partial charge in [0.15, 0.2) is 11.5 Å². The van der Waals surface area contributed by atoms with Crippen molar-refractivity contribution >= 4 is 5.69 Å². The van der Waals surface area contributed by atoms with Gasteiger partial charge < -0.3 is 19.7 Å². The van der Waals surface area contributed by atoms with E-state index in [1.165, 1.54) is 11.3 Å². The summed E-state index contributed by atoms with van der Waals surface area (Å²) in [5.41, 5.74) is 2.47. The molecule has 4 nitrogen and oxygen atoms in total. The van der Waals surface area contributed by atoms with Crippen molar-refractivity contribution in [2.45, 2.75) is 6.92 Å². The van der Waals surface area contributed by atoms with Crippen LogP contribution >= 0.6 is 0 Å². The summed E-state index contributed by atoms with van der Waals surface area (Å²) in [5, 5.41) is 3.37. The first-order chi connectivity index (χ1) is 8.36. The summed E-state index contributed by atoms with van der Waals surface area (Å²) in [5.74, 6) is 1.81. The number of nitrogens with one attached hydrogen (secondary N) is 1. The highest BCUT2D eigenvalue weighted by Crippen LogP contribution is 2.41. The molecule has 0 atom stereocenters. The Bertz CT molecular complexity index is 414. The Morgan fingerprint density at radius 3 is 2.71 bits per heavy atom. The third kappa shape index (κ3) is 1.93. The monoisotopic (exact) mass is 234 g/mol. The fourth-order valence-corrected chi connectivity index (χ4v) is 2.48. The van der Waals surface area contributed by atoms with E-state index < -0.39 is 0 Å². The highest BCUT2D eigenvalue weighted by Gasteiger charge is 2.23. The van der Waals surface area contributed by atoms with E-state index >= 15 is 0 Å². The van der Waals surface area contributed by atoms with Crippen LogP contribution < -0.4 is 19.7 Å². The maximum atomic E-state index is 5.80. The normalized spacial score (nSPS) is 19.2. The number of piperazine rings is 1. The molecule has 0 saturated carbocycles. The van der Waals surface area contributed by atoms with Gasteiger partial charge in [0, 0.05) is 26.2 Å². The summed E-state index contributed by atoms with van der Waals surface area (Å²) in [6, 6.07) is 4.13. The van der Waals surface area contributed by atoms with Gasteiger partial charge in [0.05, 0.1) is 5.69 Å². The van der Waals surface area contributed by atoms with E-state index in [1.807, 2.05) is 6.07 Å². The predicted octanol–water partition coefficient (Wildman–Crippen LogP) is 1.18. The van der Waals surface area contributed by atoms with Gasteiger partial charge in [0.1, 0.15) is 13.2 Å². The Morgan fingerprint density at radius 1 is 1.12 bits per heavy atom. The number of aryl methyl sites for hydroxylation is 1. The molecular weight excluding hydrogens is 216 g/mol. The maximum Gasteiger partial charge on any atom is 0.184 e. The zero-order valence-corrected chi connectivity index (χ0v) is 10.2. The quantitative estimate of drug-likeness (QED) is 0.791. The second-order valence-electron chi connectivity index (χ2n) is 4.49.